The van der Waals surface area contributed by atoms with Gasteiger partial charge in [-0.3, -0.25) is 0 Å². The third kappa shape index (κ3) is 3.06. The quantitative estimate of drug-likeness (QED) is 0.837. The summed E-state index contributed by atoms with van der Waals surface area (Å²) in [6.07, 6.45) is 4.19. The average molecular weight is 225 g/mol. The Kier molecular flexibility index (Phi) is 3.41. The van der Waals surface area contributed by atoms with Crippen molar-refractivity contribution in [1.82, 2.24) is 0 Å². The normalized spacial score (nSPS) is 26.3. The van der Waals surface area contributed by atoms with Gasteiger partial charge in [0.25, 0.3) is 0 Å². The van der Waals surface area contributed by atoms with Gasteiger partial charge < -0.3 is 9.84 Å². The van der Waals surface area contributed by atoms with Gasteiger partial charge in [-0.2, -0.15) is 0 Å². The number of ether oxygens (including phenoxy) is 1. The number of aliphatic hydroxyl groups is 1. The number of hydrogen-bond donors (Lipinski definition) is 1. The number of benzene rings is 1. The molecular weight excluding hydrogens is 212 g/mol. The van der Waals surface area contributed by atoms with Gasteiger partial charge in [0.15, 0.2) is 6.29 Å². The highest BCUT2D eigenvalue weighted by Crippen LogP contribution is 2.20. The fourth-order valence-electron chi connectivity index (χ4n) is 1.58. The maximum atomic E-state index is 9.16. The predicted octanol–water partition coefficient (Wildman–Crippen LogP) is 2.71. The average Bonchev–Trinajstić information content (AvgIpc) is 2.64. The first-order valence-corrected chi connectivity index (χ1v) is 5.35. The second-order valence-corrected chi connectivity index (χ2v) is 4.13. The zero-order valence-electron chi connectivity index (χ0n) is 8.27. The molecule has 1 saturated heterocycles. The minimum absolute atomic E-state index is 0.315. The smallest absolute Gasteiger partial charge is 0.155 e. The van der Waals surface area contributed by atoms with Crippen molar-refractivity contribution < 1.29 is 9.84 Å². The highest BCUT2D eigenvalue weighted by Gasteiger charge is 2.20. The van der Waals surface area contributed by atoms with Gasteiger partial charge in [-0.1, -0.05) is 35.9 Å². The van der Waals surface area contributed by atoms with Crippen LogP contribution in [0.25, 0.3) is 6.08 Å². The van der Waals surface area contributed by atoms with Crippen molar-refractivity contribution in [3.63, 3.8) is 0 Å². The van der Waals surface area contributed by atoms with Gasteiger partial charge in [-0.15, -0.1) is 0 Å². The molecule has 0 aromatic heterocycles. The van der Waals surface area contributed by atoms with Crippen LogP contribution in [0.1, 0.15) is 12.0 Å². The summed E-state index contributed by atoms with van der Waals surface area (Å²) < 4.78 is 5.06. The van der Waals surface area contributed by atoms with Crippen molar-refractivity contribution in [2.75, 3.05) is 6.61 Å². The van der Waals surface area contributed by atoms with Gasteiger partial charge in [-0.25, -0.2) is 0 Å². The molecule has 2 rings (SSSR count). The maximum Gasteiger partial charge on any atom is 0.155 e. The van der Waals surface area contributed by atoms with E-state index in [-0.39, 0.29) is 0 Å². The second kappa shape index (κ2) is 4.79. The Balaban J connectivity index is 1.96. The molecule has 1 N–H and O–H groups in total. The van der Waals surface area contributed by atoms with E-state index in [1.165, 1.54) is 0 Å². The largest absolute Gasteiger partial charge is 0.368 e. The lowest BCUT2D eigenvalue weighted by Gasteiger charge is -1.99. The molecule has 0 aliphatic carbocycles. The summed E-state index contributed by atoms with van der Waals surface area (Å²) in [6.45, 7) is 0.602. The summed E-state index contributed by atoms with van der Waals surface area (Å²) in [5, 5.41) is 9.90. The minimum atomic E-state index is -0.593. The Labute approximate surface area is 94.1 Å². The maximum absolute atomic E-state index is 9.16. The van der Waals surface area contributed by atoms with Crippen molar-refractivity contribution in [2.45, 2.75) is 12.7 Å². The molecule has 1 unspecified atom stereocenters. The van der Waals surface area contributed by atoms with E-state index in [1.54, 1.807) is 0 Å². The summed E-state index contributed by atoms with van der Waals surface area (Å²) in [5.74, 6) is 0.315. The standard InChI is InChI=1S/C12H13ClO2/c13-11-5-3-9(4-6-11)1-2-10-7-12(14)15-8-10/h1-6,10,12,14H,7-8H2/b2-1+/t10-,12?/m1/s1. The highest BCUT2D eigenvalue weighted by atomic mass is 35.5. The summed E-state index contributed by atoms with van der Waals surface area (Å²) in [6, 6.07) is 7.65. The molecule has 1 aromatic carbocycles. The molecule has 80 valence electrons. The predicted molar refractivity (Wildman–Crippen MR) is 60.6 cm³/mol. The Morgan fingerprint density at radius 2 is 2.07 bits per heavy atom. The molecule has 1 fully saturated rings. The molecule has 3 heteroatoms. The first-order valence-electron chi connectivity index (χ1n) is 4.97. The van der Waals surface area contributed by atoms with Crippen LogP contribution in [0.15, 0.2) is 30.3 Å². The van der Waals surface area contributed by atoms with E-state index in [0.29, 0.717) is 18.9 Å². The molecule has 1 heterocycles. The molecule has 0 saturated carbocycles. The summed E-state index contributed by atoms with van der Waals surface area (Å²) in [4.78, 5) is 0. The van der Waals surface area contributed by atoms with E-state index < -0.39 is 6.29 Å². The minimum Gasteiger partial charge on any atom is -0.368 e. The third-order valence-electron chi connectivity index (χ3n) is 2.44. The van der Waals surface area contributed by atoms with Crippen molar-refractivity contribution in [2.24, 2.45) is 5.92 Å². The topological polar surface area (TPSA) is 29.5 Å². The zero-order valence-corrected chi connectivity index (χ0v) is 9.02. The van der Waals surface area contributed by atoms with Crippen molar-refractivity contribution in [3.05, 3.63) is 40.9 Å². The van der Waals surface area contributed by atoms with Crippen LogP contribution in [0.3, 0.4) is 0 Å². The first-order chi connectivity index (χ1) is 7.24. The molecule has 15 heavy (non-hydrogen) atoms. The first kappa shape index (κ1) is 10.7. The summed E-state index contributed by atoms with van der Waals surface area (Å²) in [5.41, 5.74) is 1.11. The van der Waals surface area contributed by atoms with Crippen LogP contribution in [-0.2, 0) is 4.74 Å². The molecule has 2 atom stereocenters. The molecule has 1 aromatic rings. The number of aliphatic hydroxyl groups excluding tert-OH is 1. The van der Waals surface area contributed by atoms with Crippen LogP contribution in [-0.4, -0.2) is 18.0 Å². The van der Waals surface area contributed by atoms with Gasteiger partial charge >= 0.3 is 0 Å². The van der Waals surface area contributed by atoms with Crippen LogP contribution >= 0.6 is 11.6 Å². The van der Waals surface area contributed by atoms with Crippen LogP contribution in [0.4, 0.5) is 0 Å². The molecule has 1 aliphatic rings. The van der Waals surface area contributed by atoms with E-state index >= 15 is 0 Å². The van der Waals surface area contributed by atoms with Crippen molar-refractivity contribution in [1.29, 1.82) is 0 Å². The summed E-state index contributed by atoms with van der Waals surface area (Å²) >= 11 is 5.78. The lowest BCUT2D eigenvalue weighted by Crippen LogP contribution is -2.00. The Hall–Kier alpha value is -0.830. The zero-order chi connectivity index (χ0) is 10.7. The van der Waals surface area contributed by atoms with Gasteiger partial charge in [0.2, 0.25) is 0 Å². The van der Waals surface area contributed by atoms with Crippen LogP contribution in [0.2, 0.25) is 5.02 Å². The number of rotatable bonds is 2. The summed E-state index contributed by atoms with van der Waals surface area (Å²) in [7, 11) is 0. The molecule has 0 amide bonds. The van der Waals surface area contributed by atoms with E-state index in [4.69, 9.17) is 21.4 Å². The second-order valence-electron chi connectivity index (χ2n) is 3.69. The molecule has 0 spiro atoms. The van der Waals surface area contributed by atoms with Crippen molar-refractivity contribution >= 4 is 17.7 Å². The van der Waals surface area contributed by atoms with Gasteiger partial charge in [0, 0.05) is 17.4 Å². The third-order valence-corrected chi connectivity index (χ3v) is 2.69. The number of halogens is 1. The van der Waals surface area contributed by atoms with Gasteiger partial charge in [0.1, 0.15) is 0 Å². The van der Waals surface area contributed by atoms with Crippen LogP contribution < -0.4 is 0 Å². The Morgan fingerprint density at radius 1 is 1.33 bits per heavy atom. The molecule has 0 bridgehead atoms. The Morgan fingerprint density at radius 3 is 2.67 bits per heavy atom. The van der Waals surface area contributed by atoms with Gasteiger partial charge in [0.05, 0.1) is 6.61 Å². The monoisotopic (exact) mass is 224 g/mol. The van der Waals surface area contributed by atoms with E-state index in [9.17, 15) is 0 Å². The lowest BCUT2D eigenvalue weighted by atomic mass is 10.1. The molecule has 2 nitrogen and oxygen atoms in total. The molecule has 0 radical (unpaired) electrons. The van der Waals surface area contributed by atoms with E-state index in [1.807, 2.05) is 30.3 Å². The molecule has 1 aliphatic heterocycles. The number of hydrogen-bond acceptors (Lipinski definition) is 2. The van der Waals surface area contributed by atoms with Crippen LogP contribution in [0.5, 0.6) is 0 Å². The highest BCUT2D eigenvalue weighted by molar-refractivity contribution is 6.30. The fraction of sp³-hybridized carbons (Fsp3) is 0.333. The van der Waals surface area contributed by atoms with Crippen molar-refractivity contribution in [3.8, 4) is 0 Å². The van der Waals surface area contributed by atoms with Crippen LogP contribution in [0, 0.1) is 5.92 Å². The lowest BCUT2D eigenvalue weighted by molar-refractivity contribution is -0.0590. The molecular formula is C12H13ClO2. The Bertz CT molecular complexity index is 345. The van der Waals surface area contributed by atoms with E-state index in [0.717, 1.165) is 10.6 Å². The van der Waals surface area contributed by atoms with E-state index in [2.05, 4.69) is 6.08 Å². The fourth-order valence-corrected chi connectivity index (χ4v) is 1.71. The van der Waals surface area contributed by atoms with Gasteiger partial charge in [-0.05, 0) is 17.7 Å². The SMILES string of the molecule is OC1C[C@@H](/C=C/c2ccc(Cl)cc2)CO1.